The molecule has 0 spiro atoms. The van der Waals surface area contributed by atoms with E-state index in [0.29, 0.717) is 17.1 Å². The third-order valence-corrected chi connectivity index (χ3v) is 5.39. The zero-order chi connectivity index (χ0) is 25.6. The van der Waals surface area contributed by atoms with Crippen molar-refractivity contribution in [1.29, 1.82) is 0 Å². The number of urea groups is 1. The molecule has 0 aliphatic rings. The number of carbonyl (C=O) groups excluding carboxylic acids is 1. The first-order valence-corrected chi connectivity index (χ1v) is 11.3. The SMILES string of the molecule is C=CCC(/C=C\C)CC(NC(=O)NC(C)(C)C)(c1cccc(C(F)(F)F)c1)c1ccc(Cl)cn1. The van der Waals surface area contributed by atoms with Gasteiger partial charge in [0, 0.05) is 11.7 Å². The van der Waals surface area contributed by atoms with Crippen LogP contribution in [0.1, 0.15) is 57.4 Å². The van der Waals surface area contributed by atoms with Crippen LogP contribution < -0.4 is 10.6 Å². The largest absolute Gasteiger partial charge is 0.416 e. The smallest absolute Gasteiger partial charge is 0.334 e. The van der Waals surface area contributed by atoms with Crippen molar-refractivity contribution in [2.45, 2.75) is 57.8 Å². The van der Waals surface area contributed by atoms with Gasteiger partial charge in [-0.05, 0) is 76.3 Å². The molecule has 0 saturated heterocycles. The Kier molecular flexibility index (Phi) is 8.95. The second kappa shape index (κ2) is 11.1. The molecule has 2 aromatic rings. The van der Waals surface area contributed by atoms with Crippen LogP contribution >= 0.6 is 11.6 Å². The highest BCUT2D eigenvalue weighted by molar-refractivity contribution is 6.30. The molecule has 1 heterocycles. The molecule has 0 radical (unpaired) electrons. The second-order valence-electron chi connectivity index (χ2n) is 9.19. The first-order chi connectivity index (χ1) is 15.8. The van der Waals surface area contributed by atoms with Crippen molar-refractivity contribution in [2.75, 3.05) is 0 Å². The van der Waals surface area contributed by atoms with Crippen LogP contribution in [0, 0.1) is 5.92 Å². The van der Waals surface area contributed by atoms with Crippen LogP contribution in [0.3, 0.4) is 0 Å². The number of nitrogens with zero attached hydrogens (tertiary/aromatic N) is 1. The number of hydrogen-bond acceptors (Lipinski definition) is 2. The first kappa shape index (κ1) is 27.4. The summed E-state index contributed by atoms with van der Waals surface area (Å²) in [5.41, 5.74) is -2.12. The predicted molar refractivity (Wildman–Crippen MR) is 131 cm³/mol. The number of pyridine rings is 1. The summed E-state index contributed by atoms with van der Waals surface area (Å²) in [4.78, 5) is 17.6. The molecule has 2 atom stereocenters. The molecule has 184 valence electrons. The third kappa shape index (κ3) is 7.35. The fourth-order valence-electron chi connectivity index (χ4n) is 3.82. The molecule has 1 aromatic heterocycles. The van der Waals surface area contributed by atoms with Gasteiger partial charge in [0.25, 0.3) is 0 Å². The predicted octanol–water partition coefficient (Wildman–Crippen LogP) is 7.25. The van der Waals surface area contributed by atoms with Crippen LogP contribution in [0.25, 0.3) is 0 Å². The molecule has 8 heteroatoms. The van der Waals surface area contributed by atoms with E-state index in [1.807, 2.05) is 39.8 Å². The number of carbonyl (C=O) groups is 1. The van der Waals surface area contributed by atoms with Gasteiger partial charge in [0.1, 0.15) is 5.54 Å². The van der Waals surface area contributed by atoms with Crippen LogP contribution in [0.5, 0.6) is 0 Å². The zero-order valence-corrected chi connectivity index (χ0v) is 20.6. The number of halogens is 4. The molecule has 0 saturated carbocycles. The Morgan fingerprint density at radius 3 is 2.35 bits per heavy atom. The number of nitrogens with one attached hydrogen (secondary N) is 2. The Hall–Kier alpha value is -2.80. The van der Waals surface area contributed by atoms with E-state index in [1.54, 1.807) is 24.3 Å². The summed E-state index contributed by atoms with van der Waals surface area (Å²) < 4.78 is 40.9. The van der Waals surface area contributed by atoms with Crippen molar-refractivity contribution in [3.63, 3.8) is 0 Å². The Morgan fingerprint density at radius 1 is 1.15 bits per heavy atom. The molecule has 2 unspecified atom stereocenters. The summed E-state index contributed by atoms with van der Waals surface area (Å²) in [7, 11) is 0. The number of aromatic nitrogens is 1. The van der Waals surface area contributed by atoms with Gasteiger partial charge >= 0.3 is 12.2 Å². The molecule has 2 N–H and O–H groups in total. The third-order valence-electron chi connectivity index (χ3n) is 5.17. The van der Waals surface area contributed by atoms with Crippen molar-refractivity contribution in [1.82, 2.24) is 15.6 Å². The number of amides is 2. The number of rotatable bonds is 8. The highest BCUT2D eigenvalue weighted by Gasteiger charge is 2.41. The monoisotopic (exact) mass is 493 g/mol. The van der Waals surface area contributed by atoms with Gasteiger partial charge in [-0.1, -0.05) is 42.0 Å². The zero-order valence-electron chi connectivity index (χ0n) is 19.8. The summed E-state index contributed by atoms with van der Waals surface area (Å²) >= 11 is 6.06. The summed E-state index contributed by atoms with van der Waals surface area (Å²) in [5.74, 6) is -0.135. The van der Waals surface area contributed by atoms with Gasteiger partial charge in [0.05, 0.1) is 16.3 Å². The fourth-order valence-corrected chi connectivity index (χ4v) is 3.93. The van der Waals surface area contributed by atoms with E-state index < -0.39 is 28.8 Å². The molecule has 0 aliphatic carbocycles. The van der Waals surface area contributed by atoms with Crippen LogP contribution in [-0.2, 0) is 11.7 Å². The lowest BCUT2D eigenvalue weighted by Crippen LogP contribution is -2.55. The van der Waals surface area contributed by atoms with Gasteiger partial charge in [-0.3, -0.25) is 4.98 Å². The lowest BCUT2D eigenvalue weighted by atomic mass is 9.77. The van der Waals surface area contributed by atoms with Crippen LogP contribution in [0.2, 0.25) is 5.02 Å². The number of allylic oxidation sites excluding steroid dienone is 3. The van der Waals surface area contributed by atoms with Crippen molar-refractivity contribution in [3.8, 4) is 0 Å². The molecule has 0 aliphatic heterocycles. The molecule has 4 nitrogen and oxygen atoms in total. The molecule has 0 bridgehead atoms. The normalized spacial score (nSPS) is 14.9. The molecular formula is C26H31ClF3N3O. The Morgan fingerprint density at radius 2 is 1.82 bits per heavy atom. The van der Waals surface area contributed by atoms with Crippen molar-refractivity contribution >= 4 is 17.6 Å². The van der Waals surface area contributed by atoms with Gasteiger partial charge in [0.15, 0.2) is 0 Å². The van der Waals surface area contributed by atoms with Crippen LogP contribution in [0.15, 0.2) is 67.4 Å². The summed E-state index contributed by atoms with van der Waals surface area (Å²) in [6.07, 6.45) is 3.23. The number of benzene rings is 1. The van der Waals surface area contributed by atoms with Gasteiger partial charge in [0.2, 0.25) is 0 Å². The van der Waals surface area contributed by atoms with Gasteiger partial charge in [-0.2, -0.15) is 13.2 Å². The minimum Gasteiger partial charge on any atom is -0.334 e. The molecule has 0 fully saturated rings. The average molecular weight is 494 g/mol. The summed E-state index contributed by atoms with van der Waals surface area (Å²) in [6, 6.07) is 7.68. The van der Waals surface area contributed by atoms with Gasteiger partial charge < -0.3 is 10.6 Å². The van der Waals surface area contributed by atoms with Gasteiger partial charge in [-0.25, -0.2) is 4.79 Å². The number of hydrogen-bond donors (Lipinski definition) is 2. The minimum absolute atomic E-state index is 0.135. The number of alkyl halides is 3. The average Bonchev–Trinajstić information content (AvgIpc) is 2.72. The van der Waals surface area contributed by atoms with E-state index in [4.69, 9.17) is 11.6 Å². The molecule has 34 heavy (non-hydrogen) atoms. The summed E-state index contributed by atoms with van der Waals surface area (Å²) in [6.45, 7) is 11.1. The van der Waals surface area contributed by atoms with E-state index in [1.165, 1.54) is 12.3 Å². The fraction of sp³-hybridized carbons (Fsp3) is 0.385. The highest BCUT2D eigenvalue weighted by atomic mass is 35.5. The van der Waals surface area contributed by atoms with E-state index >= 15 is 0 Å². The Balaban J connectivity index is 2.80. The maximum Gasteiger partial charge on any atom is 0.416 e. The molecule has 2 rings (SSSR count). The standard InChI is InChI=1S/C26H31ClF3N3O/c1-6-9-18(10-7-2)16-25(22-14-13-21(27)17-31-22,33-23(34)32-24(3,4)5)19-11-8-12-20(15-19)26(28,29)30/h6-8,10-15,17-18H,1,9,16H2,2-5H3,(H2,32,33,34)/b10-7-. The maximum atomic E-state index is 13.6. The van der Waals surface area contributed by atoms with Crippen molar-refractivity contribution in [3.05, 3.63) is 89.2 Å². The maximum absolute atomic E-state index is 13.6. The quantitative estimate of drug-likeness (QED) is 0.380. The van der Waals surface area contributed by atoms with Crippen molar-refractivity contribution < 1.29 is 18.0 Å². The van der Waals surface area contributed by atoms with Crippen LogP contribution in [0.4, 0.5) is 18.0 Å². The minimum atomic E-state index is -4.55. The van der Waals surface area contributed by atoms with E-state index in [2.05, 4.69) is 22.2 Å². The van der Waals surface area contributed by atoms with E-state index in [0.717, 1.165) is 12.1 Å². The van der Waals surface area contributed by atoms with Gasteiger partial charge in [-0.15, -0.1) is 6.58 Å². The molecular weight excluding hydrogens is 463 g/mol. The Bertz CT molecular complexity index is 1010. The first-order valence-electron chi connectivity index (χ1n) is 10.9. The van der Waals surface area contributed by atoms with E-state index in [-0.39, 0.29) is 17.9 Å². The van der Waals surface area contributed by atoms with Crippen molar-refractivity contribution in [2.24, 2.45) is 5.92 Å². The molecule has 1 aromatic carbocycles. The Labute approximate surface area is 204 Å². The topological polar surface area (TPSA) is 54.0 Å². The van der Waals surface area contributed by atoms with Crippen LogP contribution in [-0.4, -0.2) is 16.6 Å². The van der Waals surface area contributed by atoms with E-state index in [9.17, 15) is 18.0 Å². The second-order valence-corrected chi connectivity index (χ2v) is 9.63. The lowest BCUT2D eigenvalue weighted by molar-refractivity contribution is -0.137. The summed E-state index contributed by atoms with van der Waals surface area (Å²) in [5, 5.41) is 6.19. The lowest BCUT2D eigenvalue weighted by Gasteiger charge is -2.38. The highest BCUT2D eigenvalue weighted by Crippen LogP contribution is 2.39. The molecule has 2 amide bonds.